The van der Waals surface area contributed by atoms with Gasteiger partial charge in [-0.05, 0) is 6.92 Å². The first-order chi connectivity index (χ1) is 3.66. The number of hydrogen-bond donors (Lipinski definition) is 0. The number of alkyl halides is 1. The van der Waals surface area contributed by atoms with Crippen LogP contribution in [0.1, 0.15) is 13.3 Å². The summed E-state index contributed by atoms with van der Waals surface area (Å²) >= 11 is 5.09. The molecular weight excluding hydrogens is 178 g/mol. The molecule has 0 unspecified atom stereocenters. The monoisotopic (exact) mass is 185 g/mol. The summed E-state index contributed by atoms with van der Waals surface area (Å²) in [7, 11) is 0. The predicted molar refractivity (Wildman–Crippen MR) is 31.0 cm³/mol. The Morgan fingerprint density at radius 3 is 2.00 bits per heavy atom. The Labute approximate surface area is 70.8 Å². The number of rotatable bonds is 3. The van der Waals surface area contributed by atoms with Gasteiger partial charge in [0.25, 0.3) is 0 Å². The molecule has 0 N–H and O–H groups in total. The zero-order valence-corrected chi connectivity index (χ0v) is 7.21. The largest absolute Gasteiger partial charge is 0.300 e. The van der Waals surface area contributed by atoms with Gasteiger partial charge in [0.15, 0.2) is 5.78 Å². The van der Waals surface area contributed by atoms with Gasteiger partial charge in [-0.15, -0.1) is 11.6 Å². The first-order valence-corrected chi connectivity index (χ1v) is 2.77. The minimum Gasteiger partial charge on any atom is -0.300 e. The number of halogens is 1. The molecule has 0 aromatic carbocycles. The van der Waals surface area contributed by atoms with E-state index in [1.807, 2.05) is 0 Å². The summed E-state index contributed by atoms with van der Waals surface area (Å²) in [4.78, 5) is 20.4. The van der Waals surface area contributed by atoms with Crippen LogP contribution in [0.5, 0.6) is 0 Å². The Balaban J connectivity index is 0. The molecule has 0 heterocycles. The zero-order chi connectivity index (χ0) is 6.57. The SMILES string of the molecule is CC(=O)CC(=O)CCl.[V]. The molecule has 2 nitrogen and oxygen atoms in total. The van der Waals surface area contributed by atoms with Crippen LogP contribution in [-0.4, -0.2) is 17.4 Å². The van der Waals surface area contributed by atoms with Crippen molar-refractivity contribution in [3.8, 4) is 0 Å². The first-order valence-electron chi connectivity index (χ1n) is 2.24. The normalized spacial score (nSPS) is 7.78. The van der Waals surface area contributed by atoms with E-state index in [1.54, 1.807) is 0 Å². The van der Waals surface area contributed by atoms with Crippen LogP contribution in [0.4, 0.5) is 0 Å². The summed E-state index contributed by atoms with van der Waals surface area (Å²) in [5, 5.41) is 0. The minimum absolute atomic E-state index is 0. The molecule has 0 aromatic rings. The van der Waals surface area contributed by atoms with Crippen LogP contribution in [0, 0.1) is 0 Å². The van der Waals surface area contributed by atoms with Gasteiger partial charge >= 0.3 is 0 Å². The number of carbonyl (C=O) groups is 2. The minimum atomic E-state index is -0.209. The van der Waals surface area contributed by atoms with Gasteiger partial charge in [0, 0.05) is 18.6 Å². The zero-order valence-electron chi connectivity index (χ0n) is 5.06. The summed E-state index contributed by atoms with van der Waals surface area (Å²) in [6.07, 6.45) is -0.0243. The average molecular weight is 186 g/mol. The quantitative estimate of drug-likeness (QED) is 0.481. The van der Waals surface area contributed by atoms with Crippen molar-refractivity contribution in [2.75, 3.05) is 5.88 Å². The summed E-state index contributed by atoms with van der Waals surface area (Å²) in [5.74, 6) is -0.394. The van der Waals surface area contributed by atoms with E-state index < -0.39 is 0 Å². The molecule has 1 radical (unpaired) electrons. The van der Waals surface area contributed by atoms with Crippen molar-refractivity contribution in [2.45, 2.75) is 13.3 Å². The third kappa shape index (κ3) is 8.21. The second kappa shape index (κ2) is 6.34. The van der Waals surface area contributed by atoms with Crippen molar-refractivity contribution in [1.29, 1.82) is 0 Å². The number of carbonyl (C=O) groups excluding carboxylic acids is 2. The Hall–Kier alpha value is 0.214. The van der Waals surface area contributed by atoms with E-state index in [0.29, 0.717) is 0 Å². The van der Waals surface area contributed by atoms with Crippen molar-refractivity contribution < 1.29 is 28.1 Å². The average Bonchev–Trinajstić information content (AvgIpc) is 1.65. The third-order valence-corrected chi connectivity index (χ3v) is 0.893. The van der Waals surface area contributed by atoms with E-state index in [2.05, 4.69) is 0 Å². The maximum Gasteiger partial charge on any atom is 0.154 e. The fourth-order valence-electron chi connectivity index (χ4n) is 0.325. The van der Waals surface area contributed by atoms with Gasteiger partial charge in [0.05, 0.1) is 12.3 Å². The van der Waals surface area contributed by atoms with Crippen LogP contribution < -0.4 is 0 Å². The Morgan fingerprint density at radius 2 is 1.89 bits per heavy atom. The van der Waals surface area contributed by atoms with Crippen LogP contribution in [0.3, 0.4) is 0 Å². The van der Waals surface area contributed by atoms with Gasteiger partial charge in [0.2, 0.25) is 0 Å². The van der Waals surface area contributed by atoms with E-state index in [9.17, 15) is 9.59 Å². The molecule has 0 aliphatic heterocycles. The second-order valence-corrected chi connectivity index (χ2v) is 1.82. The van der Waals surface area contributed by atoms with Gasteiger partial charge in [-0.2, -0.15) is 0 Å². The van der Waals surface area contributed by atoms with Crippen molar-refractivity contribution in [3.63, 3.8) is 0 Å². The van der Waals surface area contributed by atoms with E-state index in [1.165, 1.54) is 6.92 Å². The maximum atomic E-state index is 10.3. The summed E-state index contributed by atoms with van der Waals surface area (Å²) in [6.45, 7) is 1.37. The maximum absolute atomic E-state index is 10.3. The molecule has 51 valence electrons. The topological polar surface area (TPSA) is 34.1 Å². The van der Waals surface area contributed by atoms with Gasteiger partial charge in [-0.25, -0.2) is 0 Å². The predicted octanol–water partition coefficient (Wildman–Crippen LogP) is 0.771. The Bertz CT molecular complexity index is 114. The fourth-order valence-corrected chi connectivity index (χ4v) is 0.419. The van der Waals surface area contributed by atoms with Crippen molar-refractivity contribution in [1.82, 2.24) is 0 Å². The Kier molecular flexibility index (Phi) is 8.41. The first kappa shape index (κ1) is 11.9. The molecule has 0 fully saturated rings. The molecular formula is C5H7ClO2V. The molecule has 0 amide bonds. The molecule has 0 bridgehead atoms. The van der Waals surface area contributed by atoms with E-state index in [4.69, 9.17) is 11.6 Å². The van der Waals surface area contributed by atoms with Crippen LogP contribution in [-0.2, 0) is 28.1 Å². The van der Waals surface area contributed by atoms with Crippen molar-refractivity contribution >= 4 is 23.2 Å². The molecule has 0 aliphatic rings. The number of Topliss-reactive ketones (excluding diaryl/α,β-unsaturated/α-hetero) is 2. The molecule has 4 heteroatoms. The number of ketones is 2. The standard InChI is InChI=1S/C5H7ClO2.V/c1-4(7)2-5(8)3-6;/h2-3H2,1H3;. The third-order valence-electron chi connectivity index (χ3n) is 0.595. The van der Waals surface area contributed by atoms with Gasteiger partial charge < -0.3 is 0 Å². The van der Waals surface area contributed by atoms with Gasteiger partial charge in [-0.3, -0.25) is 9.59 Å². The van der Waals surface area contributed by atoms with Gasteiger partial charge in [-0.1, -0.05) is 0 Å². The van der Waals surface area contributed by atoms with E-state index in [-0.39, 0.29) is 42.4 Å². The van der Waals surface area contributed by atoms with Crippen LogP contribution in [0.25, 0.3) is 0 Å². The smallest absolute Gasteiger partial charge is 0.154 e. The van der Waals surface area contributed by atoms with Crippen LogP contribution >= 0.6 is 11.6 Å². The van der Waals surface area contributed by atoms with Crippen LogP contribution in [0.2, 0.25) is 0 Å². The summed E-state index contributed by atoms with van der Waals surface area (Å²) in [6, 6.07) is 0. The molecule has 0 saturated heterocycles. The molecule has 0 spiro atoms. The fraction of sp³-hybridized carbons (Fsp3) is 0.600. The van der Waals surface area contributed by atoms with E-state index in [0.717, 1.165) is 0 Å². The van der Waals surface area contributed by atoms with Crippen LogP contribution in [0.15, 0.2) is 0 Å². The van der Waals surface area contributed by atoms with Crippen molar-refractivity contribution in [3.05, 3.63) is 0 Å². The molecule has 0 aliphatic carbocycles. The molecule has 0 saturated carbocycles. The molecule has 0 rings (SSSR count). The Morgan fingerprint density at radius 1 is 1.44 bits per heavy atom. The van der Waals surface area contributed by atoms with Crippen molar-refractivity contribution in [2.24, 2.45) is 0 Å². The summed E-state index contributed by atoms with van der Waals surface area (Å²) < 4.78 is 0. The van der Waals surface area contributed by atoms with E-state index >= 15 is 0 Å². The molecule has 0 atom stereocenters. The molecule has 0 aromatic heterocycles. The van der Waals surface area contributed by atoms with Gasteiger partial charge in [0.1, 0.15) is 5.78 Å². The molecule has 9 heavy (non-hydrogen) atoms. The summed E-state index contributed by atoms with van der Waals surface area (Å²) in [5.41, 5.74) is 0. The number of hydrogen-bond acceptors (Lipinski definition) is 2. The second-order valence-electron chi connectivity index (χ2n) is 1.55.